The number of fused-ring (bicyclic) bond motifs is 1. The second kappa shape index (κ2) is 4.80. The van der Waals surface area contributed by atoms with Crippen LogP contribution in [0.15, 0.2) is 18.5 Å². The lowest BCUT2D eigenvalue weighted by atomic mass is 9.77. The van der Waals surface area contributed by atoms with Gasteiger partial charge in [-0.2, -0.15) is 0 Å². The van der Waals surface area contributed by atoms with Gasteiger partial charge in [-0.15, -0.1) is 0 Å². The Morgan fingerprint density at radius 1 is 1.24 bits per heavy atom. The molecule has 0 bridgehead atoms. The summed E-state index contributed by atoms with van der Waals surface area (Å²) in [4.78, 5) is 12.9. The summed E-state index contributed by atoms with van der Waals surface area (Å²) in [7, 11) is 0. The SMILES string of the molecule is Nc1nccc2nc(NC3CCC4(CCO4)CC3)ncc12. The van der Waals surface area contributed by atoms with Crippen LogP contribution < -0.4 is 11.1 Å². The van der Waals surface area contributed by atoms with Gasteiger partial charge in [-0.25, -0.2) is 15.0 Å². The first-order valence-electron chi connectivity index (χ1n) is 7.52. The van der Waals surface area contributed by atoms with Crippen molar-refractivity contribution >= 4 is 22.7 Å². The quantitative estimate of drug-likeness (QED) is 0.879. The number of nitrogens with zero attached hydrogens (tertiary/aromatic N) is 3. The fraction of sp³-hybridized carbons (Fsp3) is 0.533. The minimum Gasteiger partial charge on any atom is -0.383 e. The molecule has 0 aromatic carbocycles. The van der Waals surface area contributed by atoms with Crippen molar-refractivity contribution in [2.45, 2.75) is 43.7 Å². The summed E-state index contributed by atoms with van der Waals surface area (Å²) in [6.07, 6.45) is 9.13. The number of nitrogens with two attached hydrogens (primary N) is 1. The molecule has 6 nitrogen and oxygen atoms in total. The fourth-order valence-electron chi connectivity index (χ4n) is 3.30. The van der Waals surface area contributed by atoms with Crippen molar-refractivity contribution in [1.29, 1.82) is 0 Å². The van der Waals surface area contributed by atoms with Crippen LogP contribution in [0.4, 0.5) is 11.8 Å². The molecule has 0 amide bonds. The summed E-state index contributed by atoms with van der Waals surface area (Å²) in [5, 5.41) is 4.24. The summed E-state index contributed by atoms with van der Waals surface area (Å²) < 4.78 is 5.75. The van der Waals surface area contributed by atoms with E-state index >= 15 is 0 Å². The molecule has 2 aliphatic rings. The highest BCUT2D eigenvalue weighted by Crippen LogP contribution is 2.40. The number of hydrogen-bond donors (Lipinski definition) is 2. The van der Waals surface area contributed by atoms with Gasteiger partial charge in [0.2, 0.25) is 5.95 Å². The minimum atomic E-state index is 0.197. The molecular weight excluding hydrogens is 266 g/mol. The largest absolute Gasteiger partial charge is 0.383 e. The summed E-state index contributed by atoms with van der Waals surface area (Å²) in [5.74, 6) is 1.14. The van der Waals surface area contributed by atoms with Crippen LogP contribution in [0.5, 0.6) is 0 Å². The van der Waals surface area contributed by atoms with Gasteiger partial charge in [0.15, 0.2) is 0 Å². The van der Waals surface area contributed by atoms with Crippen molar-refractivity contribution in [3.05, 3.63) is 18.5 Å². The van der Waals surface area contributed by atoms with E-state index in [9.17, 15) is 0 Å². The lowest BCUT2D eigenvalue weighted by Gasteiger charge is -2.46. The van der Waals surface area contributed by atoms with Crippen molar-refractivity contribution < 1.29 is 4.74 Å². The topological polar surface area (TPSA) is 86.0 Å². The molecule has 2 fully saturated rings. The minimum absolute atomic E-state index is 0.197. The van der Waals surface area contributed by atoms with E-state index in [2.05, 4.69) is 20.3 Å². The van der Waals surface area contributed by atoms with Gasteiger partial charge in [0.05, 0.1) is 23.1 Å². The van der Waals surface area contributed by atoms with E-state index in [1.165, 1.54) is 6.42 Å². The van der Waals surface area contributed by atoms with Crippen molar-refractivity contribution in [3.8, 4) is 0 Å². The van der Waals surface area contributed by atoms with Crippen molar-refractivity contribution in [2.24, 2.45) is 0 Å². The van der Waals surface area contributed by atoms with Crippen LogP contribution in [-0.2, 0) is 4.74 Å². The predicted octanol–water partition coefficient (Wildman–Crippen LogP) is 2.12. The molecule has 1 saturated carbocycles. The number of pyridine rings is 1. The Balaban J connectivity index is 1.47. The van der Waals surface area contributed by atoms with E-state index in [1.54, 1.807) is 12.4 Å². The van der Waals surface area contributed by atoms with E-state index in [0.717, 1.165) is 43.2 Å². The average molecular weight is 285 g/mol. The Kier molecular flexibility index (Phi) is 2.92. The predicted molar refractivity (Wildman–Crippen MR) is 80.9 cm³/mol. The summed E-state index contributed by atoms with van der Waals surface area (Å²) in [6, 6.07) is 2.29. The molecule has 0 unspecified atom stereocenters. The summed E-state index contributed by atoms with van der Waals surface area (Å²) >= 11 is 0. The molecule has 6 heteroatoms. The first-order valence-corrected chi connectivity index (χ1v) is 7.52. The molecule has 110 valence electrons. The van der Waals surface area contributed by atoms with Crippen LogP contribution >= 0.6 is 0 Å². The maximum atomic E-state index is 5.82. The van der Waals surface area contributed by atoms with Crippen molar-refractivity contribution in [3.63, 3.8) is 0 Å². The van der Waals surface area contributed by atoms with E-state index < -0.39 is 0 Å². The molecule has 0 radical (unpaired) electrons. The number of hydrogen-bond acceptors (Lipinski definition) is 6. The summed E-state index contributed by atoms with van der Waals surface area (Å²) in [6.45, 7) is 0.932. The zero-order valence-corrected chi connectivity index (χ0v) is 11.9. The molecule has 1 spiro atoms. The zero-order chi connectivity index (χ0) is 14.3. The normalized spacial score (nSPS) is 28.5. The third-order valence-corrected chi connectivity index (χ3v) is 4.74. The van der Waals surface area contributed by atoms with Crippen LogP contribution in [0.3, 0.4) is 0 Å². The standard InChI is InChI=1S/C15H19N5O/c16-13-11-9-18-14(20-12(11)3-7-17-13)19-10-1-4-15(5-2-10)6-8-21-15/h3,7,9-10H,1-2,4-6,8H2,(H2,16,17)(H,18,19,20). The number of anilines is 2. The van der Waals surface area contributed by atoms with Gasteiger partial charge in [-0.1, -0.05) is 0 Å². The number of ether oxygens (including phenoxy) is 1. The molecule has 21 heavy (non-hydrogen) atoms. The van der Waals surface area contributed by atoms with Crippen LogP contribution in [0.1, 0.15) is 32.1 Å². The molecule has 2 aromatic rings. The van der Waals surface area contributed by atoms with E-state index in [-0.39, 0.29) is 5.60 Å². The highest BCUT2D eigenvalue weighted by atomic mass is 16.5. The van der Waals surface area contributed by atoms with Crippen LogP contribution in [0.2, 0.25) is 0 Å². The van der Waals surface area contributed by atoms with E-state index in [0.29, 0.717) is 17.8 Å². The van der Waals surface area contributed by atoms with Gasteiger partial charge < -0.3 is 15.8 Å². The lowest BCUT2D eigenvalue weighted by molar-refractivity contribution is -0.165. The van der Waals surface area contributed by atoms with Crippen LogP contribution in [-0.4, -0.2) is 33.2 Å². The molecule has 3 N–H and O–H groups in total. The van der Waals surface area contributed by atoms with Crippen LogP contribution in [0, 0.1) is 0 Å². The monoisotopic (exact) mass is 285 g/mol. The molecule has 1 aliphatic heterocycles. The van der Waals surface area contributed by atoms with Crippen LogP contribution in [0.25, 0.3) is 10.9 Å². The Hall–Kier alpha value is -1.95. The summed E-state index contributed by atoms with van der Waals surface area (Å²) in [5.41, 5.74) is 6.84. The molecule has 1 aliphatic carbocycles. The Labute approximate surface area is 123 Å². The van der Waals surface area contributed by atoms with Crippen molar-refractivity contribution in [1.82, 2.24) is 15.0 Å². The van der Waals surface area contributed by atoms with Gasteiger partial charge in [-0.05, 0) is 38.2 Å². The smallest absolute Gasteiger partial charge is 0.223 e. The molecule has 1 saturated heterocycles. The maximum absolute atomic E-state index is 5.82. The maximum Gasteiger partial charge on any atom is 0.223 e. The first-order chi connectivity index (χ1) is 10.2. The number of nitrogens with one attached hydrogen (secondary N) is 1. The van der Waals surface area contributed by atoms with Gasteiger partial charge in [0.25, 0.3) is 0 Å². The van der Waals surface area contributed by atoms with Crippen molar-refractivity contribution in [2.75, 3.05) is 17.7 Å². The van der Waals surface area contributed by atoms with Gasteiger partial charge in [0.1, 0.15) is 5.82 Å². The van der Waals surface area contributed by atoms with Gasteiger partial charge in [-0.3, -0.25) is 0 Å². The number of nitrogen functional groups attached to an aromatic ring is 1. The Morgan fingerprint density at radius 2 is 2.05 bits per heavy atom. The van der Waals surface area contributed by atoms with Gasteiger partial charge in [0, 0.05) is 18.4 Å². The zero-order valence-electron chi connectivity index (χ0n) is 11.9. The molecular formula is C15H19N5O. The molecule has 3 heterocycles. The first kappa shape index (κ1) is 12.8. The third-order valence-electron chi connectivity index (χ3n) is 4.74. The third kappa shape index (κ3) is 2.29. The second-order valence-electron chi connectivity index (χ2n) is 6.02. The Morgan fingerprint density at radius 3 is 2.76 bits per heavy atom. The second-order valence-corrected chi connectivity index (χ2v) is 6.02. The molecule has 2 aromatic heterocycles. The van der Waals surface area contributed by atoms with E-state index in [1.807, 2.05) is 6.07 Å². The molecule has 0 atom stereocenters. The van der Waals surface area contributed by atoms with Gasteiger partial charge >= 0.3 is 0 Å². The fourth-order valence-corrected chi connectivity index (χ4v) is 3.30. The highest BCUT2D eigenvalue weighted by molar-refractivity contribution is 5.87. The average Bonchev–Trinajstić information content (AvgIpc) is 2.47. The Bertz CT molecular complexity index is 660. The number of aromatic nitrogens is 3. The highest BCUT2D eigenvalue weighted by Gasteiger charge is 2.41. The number of rotatable bonds is 2. The lowest BCUT2D eigenvalue weighted by Crippen LogP contribution is -2.48. The molecule has 4 rings (SSSR count). The van der Waals surface area contributed by atoms with E-state index in [4.69, 9.17) is 10.5 Å².